The van der Waals surface area contributed by atoms with Crippen LogP contribution in [0.5, 0.6) is 0 Å². The fraction of sp³-hybridized carbons (Fsp3) is 0. The first-order valence-electron chi connectivity index (χ1n) is 15.0. The van der Waals surface area contributed by atoms with Crippen molar-refractivity contribution in [2.75, 3.05) is 0 Å². The van der Waals surface area contributed by atoms with Gasteiger partial charge in [0, 0.05) is 44.5 Å². The number of carbonyl (C=O) groups is 8. The Bertz CT molecular complexity index is 2280. The van der Waals surface area contributed by atoms with Crippen LogP contribution < -0.4 is 0 Å². The second-order valence-corrected chi connectivity index (χ2v) is 11.2. The monoisotopic (exact) mass is 752 g/mol. The summed E-state index contributed by atoms with van der Waals surface area (Å²) in [6.45, 7) is 0. The molecule has 56 heavy (non-hydrogen) atoms. The van der Waals surface area contributed by atoms with Crippen LogP contribution in [0.25, 0.3) is 0 Å². The van der Waals surface area contributed by atoms with E-state index in [0.29, 0.717) is 0 Å². The van der Waals surface area contributed by atoms with E-state index < -0.39 is 92.3 Å². The van der Waals surface area contributed by atoms with Crippen molar-refractivity contribution < 1.29 is 79.2 Å². The number of fused-ring (bicyclic) bond motifs is 4. The van der Waals surface area contributed by atoms with Gasteiger partial charge in [-0.3, -0.25) is 0 Å². The van der Waals surface area contributed by atoms with Gasteiger partial charge in [-0.15, -0.1) is 0 Å². The minimum Gasteiger partial charge on any atom is -0.478 e. The van der Waals surface area contributed by atoms with Crippen LogP contribution in [-0.2, 0) is 0 Å². The molecular formula is C40H16O16. The van der Waals surface area contributed by atoms with Gasteiger partial charge in [-0.2, -0.15) is 0 Å². The van der Waals surface area contributed by atoms with E-state index in [1.807, 2.05) is 0 Å². The van der Waals surface area contributed by atoms with Crippen LogP contribution in [-0.4, -0.2) is 88.6 Å². The van der Waals surface area contributed by atoms with Crippen molar-refractivity contribution in [2.45, 2.75) is 0 Å². The summed E-state index contributed by atoms with van der Waals surface area (Å²) < 4.78 is 0. The highest BCUT2D eigenvalue weighted by atomic mass is 16.4. The third-order valence-electron chi connectivity index (χ3n) is 7.80. The maximum absolute atomic E-state index is 12.1. The molecule has 0 saturated heterocycles. The highest BCUT2D eigenvalue weighted by Crippen LogP contribution is 2.23. The smallest absolute Gasteiger partial charge is 0.336 e. The number of hydrogen-bond acceptors (Lipinski definition) is 8. The molecule has 0 aliphatic heterocycles. The lowest BCUT2D eigenvalue weighted by Gasteiger charge is -2.08. The zero-order valence-electron chi connectivity index (χ0n) is 27.5. The molecule has 0 saturated carbocycles. The van der Waals surface area contributed by atoms with Crippen LogP contribution in [0.15, 0.2) is 48.5 Å². The molecule has 0 heterocycles. The van der Waals surface area contributed by atoms with E-state index >= 15 is 0 Å². The lowest BCUT2D eigenvalue weighted by atomic mass is 9.94. The van der Waals surface area contributed by atoms with Gasteiger partial charge in [-0.1, -0.05) is 47.4 Å². The number of carboxylic acids is 8. The molecule has 0 fully saturated rings. The van der Waals surface area contributed by atoms with Gasteiger partial charge in [0.2, 0.25) is 0 Å². The minimum atomic E-state index is -1.70. The largest absolute Gasteiger partial charge is 0.478 e. The van der Waals surface area contributed by atoms with Crippen LogP contribution in [0.4, 0.5) is 0 Å². The molecule has 272 valence electrons. The maximum Gasteiger partial charge on any atom is 0.336 e. The van der Waals surface area contributed by atoms with Crippen LogP contribution in [0.2, 0.25) is 0 Å². The van der Waals surface area contributed by atoms with Crippen LogP contribution in [0.3, 0.4) is 0 Å². The van der Waals surface area contributed by atoms with Gasteiger partial charge in [0.05, 0.1) is 44.5 Å². The molecule has 1 aliphatic rings. The van der Waals surface area contributed by atoms with E-state index in [0.717, 1.165) is 48.5 Å². The minimum absolute atomic E-state index is 0.281. The van der Waals surface area contributed by atoms with Crippen molar-refractivity contribution >= 4 is 47.8 Å². The van der Waals surface area contributed by atoms with Gasteiger partial charge in [-0.05, 0) is 48.5 Å². The van der Waals surface area contributed by atoms with E-state index in [-0.39, 0.29) is 44.5 Å². The summed E-state index contributed by atoms with van der Waals surface area (Å²) >= 11 is 0. The lowest BCUT2D eigenvalue weighted by Crippen LogP contribution is -2.11. The van der Waals surface area contributed by atoms with E-state index in [1.54, 1.807) is 0 Å². The highest BCUT2D eigenvalue weighted by molar-refractivity contribution is 6.05. The standard InChI is InChI=1S/C40H16O16/c41-33(42)25-9-17-1-2-18-10-26(34(43)44)28(36(47)48)12-20(18)5-6-22-14-30(38(51)52)32(40(55)56)16-24(22)8-7-23-15-31(39(53)54)29(37(49)50)13-21(23)4-3-19(17)11-27(25)35(45)46/h9-16H,(H,41,42)(H,43,44)(H,45,46)(H,47,48)(H,49,50)(H,51,52)(H,53,54)(H,55,56). The average Bonchev–Trinajstić information content (AvgIpc) is 3.13. The SMILES string of the molecule is O=C(O)c1cc2c(cc1C(=O)O)C#Cc1cc(C(=O)O)c(C(=O)O)cc1C#Cc1cc(C(=O)O)c(C(=O)O)cc1C#Cc1cc(C(=O)O)c(C(=O)O)cc1C#C2. The summed E-state index contributed by atoms with van der Waals surface area (Å²) in [5.74, 6) is 6.88. The molecular weight excluding hydrogens is 736 g/mol. The third kappa shape index (κ3) is 7.56. The molecule has 1 aliphatic carbocycles. The molecule has 0 atom stereocenters. The summed E-state index contributed by atoms with van der Waals surface area (Å²) in [4.78, 5) is 96.5. The quantitative estimate of drug-likeness (QED) is 0.106. The first-order chi connectivity index (χ1) is 26.4. The van der Waals surface area contributed by atoms with Crippen molar-refractivity contribution in [3.05, 3.63) is 138 Å². The predicted octanol–water partition coefficient (Wildman–Crippen LogP) is 3.18. The Morgan fingerprint density at radius 2 is 0.321 bits per heavy atom. The van der Waals surface area contributed by atoms with Crippen LogP contribution in [0, 0.1) is 47.4 Å². The summed E-state index contributed by atoms with van der Waals surface area (Å²) in [6.07, 6.45) is 0. The Balaban J connectivity index is 2.02. The molecule has 4 aromatic rings. The fourth-order valence-electron chi connectivity index (χ4n) is 5.18. The van der Waals surface area contributed by atoms with E-state index in [4.69, 9.17) is 0 Å². The Kier molecular flexibility index (Phi) is 10.1. The van der Waals surface area contributed by atoms with Gasteiger partial charge in [0.15, 0.2) is 0 Å². The number of rotatable bonds is 8. The Morgan fingerprint density at radius 3 is 0.393 bits per heavy atom. The van der Waals surface area contributed by atoms with Gasteiger partial charge in [0.1, 0.15) is 0 Å². The van der Waals surface area contributed by atoms with E-state index in [1.165, 1.54) is 0 Å². The zero-order valence-corrected chi connectivity index (χ0v) is 27.5. The zero-order chi connectivity index (χ0) is 41.2. The van der Waals surface area contributed by atoms with Crippen molar-refractivity contribution in [3.63, 3.8) is 0 Å². The first-order valence-corrected chi connectivity index (χ1v) is 15.0. The molecule has 0 radical (unpaired) electrons. The predicted molar refractivity (Wildman–Crippen MR) is 185 cm³/mol. The second kappa shape index (κ2) is 14.9. The van der Waals surface area contributed by atoms with Gasteiger partial charge in [0.25, 0.3) is 0 Å². The first kappa shape index (κ1) is 38.1. The molecule has 0 aromatic heterocycles. The Labute approximate surface area is 311 Å². The number of hydrogen-bond donors (Lipinski definition) is 8. The average molecular weight is 753 g/mol. The Hall–Kier alpha value is -9.12. The number of benzene rings is 4. The fourth-order valence-corrected chi connectivity index (χ4v) is 5.18. The number of carboxylic acid groups (broad SMARTS) is 8. The highest BCUT2D eigenvalue weighted by Gasteiger charge is 2.23. The topological polar surface area (TPSA) is 298 Å². The molecule has 4 aromatic carbocycles. The normalized spacial score (nSPS) is 10.6. The van der Waals surface area contributed by atoms with Crippen molar-refractivity contribution in [1.82, 2.24) is 0 Å². The molecule has 0 unspecified atom stereocenters. The molecule has 5 rings (SSSR count). The van der Waals surface area contributed by atoms with E-state index in [9.17, 15) is 79.2 Å². The molecule has 8 N–H and O–H groups in total. The van der Waals surface area contributed by atoms with Gasteiger partial charge in [-0.25, -0.2) is 38.4 Å². The summed E-state index contributed by atoms with van der Waals surface area (Å²) in [5, 5.41) is 78.2. The maximum atomic E-state index is 12.1. The summed E-state index contributed by atoms with van der Waals surface area (Å²) in [5.41, 5.74) is -8.32. The summed E-state index contributed by atoms with van der Waals surface area (Å²) in [6, 6.07) is 6.68. The Morgan fingerprint density at radius 1 is 0.232 bits per heavy atom. The van der Waals surface area contributed by atoms with Gasteiger partial charge < -0.3 is 40.9 Å². The molecule has 0 bridgehead atoms. The van der Waals surface area contributed by atoms with Gasteiger partial charge >= 0.3 is 47.8 Å². The van der Waals surface area contributed by atoms with Crippen molar-refractivity contribution in [3.8, 4) is 47.4 Å². The third-order valence-corrected chi connectivity index (χ3v) is 7.80. The lowest BCUT2D eigenvalue weighted by molar-refractivity contribution is 0.0651. The molecule has 16 nitrogen and oxygen atoms in total. The number of aromatic carboxylic acids is 8. The second-order valence-electron chi connectivity index (χ2n) is 11.2. The molecule has 0 amide bonds. The van der Waals surface area contributed by atoms with E-state index in [2.05, 4.69) is 47.4 Å². The van der Waals surface area contributed by atoms with Crippen molar-refractivity contribution in [2.24, 2.45) is 0 Å². The molecule has 0 spiro atoms. The van der Waals surface area contributed by atoms with Crippen LogP contribution in [0.1, 0.15) is 127 Å². The summed E-state index contributed by atoms with van der Waals surface area (Å²) in [7, 11) is 0. The van der Waals surface area contributed by atoms with Crippen molar-refractivity contribution in [1.29, 1.82) is 0 Å². The van der Waals surface area contributed by atoms with Crippen LogP contribution >= 0.6 is 0 Å². The molecule has 16 heteroatoms.